The van der Waals surface area contributed by atoms with Crippen LogP contribution in [0.3, 0.4) is 0 Å². The van der Waals surface area contributed by atoms with E-state index in [0.29, 0.717) is 31.7 Å². The molecule has 2 amide bonds. The summed E-state index contributed by atoms with van der Waals surface area (Å²) in [7, 11) is 0. The summed E-state index contributed by atoms with van der Waals surface area (Å²) in [6.07, 6.45) is 0.968. The van der Waals surface area contributed by atoms with Crippen molar-refractivity contribution in [3.63, 3.8) is 0 Å². The molecular weight excluding hydrogens is 350 g/mol. The summed E-state index contributed by atoms with van der Waals surface area (Å²) in [5.41, 5.74) is 3.79. The Morgan fingerprint density at radius 2 is 1.42 bits per heavy atom. The van der Waals surface area contributed by atoms with E-state index in [2.05, 4.69) is 5.32 Å². The number of halogens is 1. The maximum atomic E-state index is 12.7. The lowest BCUT2D eigenvalue weighted by atomic mass is 10.1. The van der Waals surface area contributed by atoms with Crippen molar-refractivity contribution >= 4 is 29.9 Å². The summed E-state index contributed by atoms with van der Waals surface area (Å²) < 4.78 is 0. The van der Waals surface area contributed by atoms with Crippen molar-refractivity contribution in [2.24, 2.45) is 0 Å². The molecule has 0 unspecified atom stereocenters. The number of anilines is 1. The van der Waals surface area contributed by atoms with E-state index in [1.807, 2.05) is 58.3 Å². The molecule has 0 aromatic heterocycles. The molecule has 5 nitrogen and oxygen atoms in total. The van der Waals surface area contributed by atoms with Gasteiger partial charge in [-0.15, -0.1) is 12.4 Å². The molecule has 136 valence electrons. The average Bonchev–Trinajstić information content (AvgIpc) is 3.15. The number of hydrogen-bond donors (Lipinski definition) is 1. The standard InChI is InChI=1S/C20H21N3O2.ClH/c24-19(15-4-2-1-3-5-15)22-10-12-23(13-11-22)20(25)17-6-7-18-16(14-17)8-9-21-18;/h1-7,14,21H,8-13H2;1H. The van der Waals surface area contributed by atoms with E-state index in [-0.39, 0.29) is 24.2 Å². The number of nitrogens with one attached hydrogen (secondary N) is 1. The van der Waals surface area contributed by atoms with Crippen molar-refractivity contribution in [3.8, 4) is 0 Å². The number of fused-ring (bicyclic) bond motifs is 1. The van der Waals surface area contributed by atoms with Gasteiger partial charge >= 0.3 is 0 Å². The molecule has 4 rings (SSSR count). The average molecular weight is 372 g/mol. The summed E-state index contributed by atoms with van der Waals surface area (Å²) >= 11 is 0. The summed E-state index contributed by atoms with van der Waals surface area (Å²) in [6, 6.07) is 15.2. The van der Waals surface area contributed by atoms with Crippen molar-refractivity contribution in [2.45, 2.75) is 6.42 Å². The molecule has 0 spiro atoms. The van der Waals surface area contributed by atoms with Crippen LogP contribution in [0.15, 0.2) is 48.5 Å². The molecule has 0 bridgehead atoms. The number of carbonyl (C=O) groups excluding carboxylic acids is 2. The van der Waals surface area contributed by atoms with Gasteiger partial charge in [0.25, 0.3) is 11.8 Å². The predicted octanol–water partition coefficient (Wildman–Crippen LogP) is 2.67. The molecule has 0 aliphatic carbocycles. The third-order valence-corrected chi connectivity index (χ3v) is 4.94. The molecule has 2 aliphatic rings. The summed E-state index contributed by atoms with van der Waals surface area (Å²) in [4.78, 5) is 28.9. The molecule has 1 fully saturated rings. The van der Waals surface area contributed by atoms with Crippen LogP contribution in [-0.2, 0) is 6.42 Å². The number of benzene rings is 2. The van der Waals surface area contributed by atoms with Gasteiger partial charge in [-0.3, -0.25) is 9.59 Å². The number of hydrogen-bond acceptors (Lipinski definition) is 3. The van der Waals surface area contributed by atoms with Gasteiger partial charge in [0, 0.05) is 49.5 Å². The van der Waals surface area contributed by atoms with Crippen molar-refractivity contribution in [3.05, 3.63) is 65.2 Å². The molecule has 0 saturated carbocycles. The first-order valence-electron chi connectivity index (χ1n) is 8.73. The highest BCUT2D eigenvalue weighted by Gasteiger charge is 2.26. The minimum Gasteiger partial charge on any atom is -0.384 e. The molecule has 0 radical (unpaired) electrons. The summed E-state index contributed by atoms with van der Waals surface area (Å²) in [5, 5.41) is 3.31. The smallest absolute Gasteiger partial charge is 0.253 e. The van der Waals surface area contributed by atoms with Crippen LogP contribution < -0.4 is 5.32 Å². The topological polar surface area (TPSA) is 52.7 Å². The molecular formula is C20H22ClN3O2. The van der Waals surface area contributed by atoms with Gasteiger partial charge in [0.2, 0.25) is 0 Å². The number of amides is 2. The second-order valence-electron chi connectivity index (χ2n) is 6.50. The largest absolute Gasteiger partial charge is 0.384 e. The number of carbonyl (C=O) groups is 2. The van der Waals surface area contributed by atoms with Crippen LogP contribution in [0, 0.1) is 0 Å². The first kappa shape index (κ1) is 18.3. The van der Waals surface area contributed by atoms with Crippen molar-refractivity contribution in [1.29, 1.82) is 0 Å². The SMILES string of the molecule is Cl.O=C(c1ccccc1)N1CCN(C(=O)c2ccc3c(c2)CCN3)CC1. The van der Waals surface area contributed by atoms with Crippen LogP contribution in [0.25, 0.3) is 0 Å². The van der Waals surface area contributed by atoms with Crippen LogP contribution in [0.5, 0.6) is 0 Å². The molecule has 1 N–H and O–H groups in total. The zero-order valence-electron chi connectivity index (χ0n) is 14.5. The highest BCUT2D eigenvalue weighted by atomic mass is 35.5. The molecule has 2 aromatic carbocycles. The van der Waals surface area contributed by atoms with E-state index in [1.165, 1.54) is 5.56 Å². The Kier molecular flexibility index (Phi) is 5.47. The first-order chi connectivity index (χ1) is 12.2. The number of nitrogens with zero attached hydrogens (tertiary/aromatic N) is 2. The van der Waals surface area contributed by atoms with Gasteiger partial charge in [0.1, 0.15) is 0 Å². The number of piperazine rings is 1. The van der Waals surface area contributed by atoms with Crippen LogP contribution in [0.1, 0.15) is 26.3 Å². The Labute approximate surface area is 159 Å². The molecule has 2 heterocycles. The fourth-order valence-electron chi connectivity index (χ4n) is 3.50. The fraction of sp³-hybridized carbons (Fsp3) is 0.300. The van der Waals surface area contributed by atoms with Crippen LogP contribution in [0.2, 0.25) is 0 Å². The Morgan fingerprint density at radius 1 is 0.808 bits per heavy atom. The Balaban J connectivity index is 0.00000196. The maximum absolute atomic E-state index is 12.7. The van der Waals surface area contributed by atoms with Gasteiger partial charge in [-0.2, -0.15) is 0 Å². The minimum atomic E-state index is 0. The molecule has 0 atom stereocenters. The molecule has 6 heteroatoms. The quantitative estimate of drug-likeness (QED) is 0.883. The van der Waals surface area contributed by atoms with Crippen LogP contribution >= 0.6 is 12.4 Å². The van der Waals surface area contributed by atoms with Gasteiger partial charge in [0.05, 0.1) is 0 Å². The third kappa shape index (κ3) is 3.53. The first-order valence-corrected chi connectivity index (χ1v) is 8.73. The van der Waals surface area contributed by atoms with Gasteiger partial charge in [-0.25, -0.2) is 0 Å². The van der Waals surface area contributed by atoms with E-state index in [0.717, 1.165) is 24.2 Å². The lowest BCUT2D eigenvalue weighted by Crippen LogP contribution is -2.50. The van der Waals surface area contributed by atoms with Crippen molar-refractivity contribution < 1.29 is 9.59 Å². The molecule has 2 aromatic rings. The Morgan fingerprint density at radius 3 is 2.08 bits per heavy atom. The van der Waals surface area contributed by atoms with Gasteiger partial charge in [-0.1, -0.05) is 18.2 Å². The van der Waals surface area contributed by atoms with Gasteiger partial charge < -0.3 is 15.1 Å². The lowest BCUT2D eigenvalue weighted by Gasteiger charge is -2.35. The van der Waals surface area contributed by atoms with E-state index in [4.69, 9.17) is 0 Å². The number of rotatable bonds is 2. The summed E-state index contributed by atoms with van der Waals surface area (Å²) in [6.45, 7) is 3.24. The van der Waals surface area contributed by atoms with Gasteiger partial charge in [-0.05, 0) is 42.3 Å². The zero-order valence-corrected chi connectivity index (χ0v) is 15.3. The molecule has 26 heavy (non-hydrogen) atoms. The second-order valence-corrected chi connectivity index (χ2v) is 6.50. The van der Waals surface area contributed by atoms with Crippen LogP contribution in [0.4, 0.5) is 5.69 Å². The van der Waals surface area contributed by atoms with Crippen molar-refractivity contribution in [2.75, 3.05) is 38.0 Å². The fourth-order valence-corrected chi connectivity index (χ4v) is 3.50. The van der Waals surface area contributed by atoms with E-state index >= 15 is 0 Å². The van der Waals surface area contributed by atoms with E-state index < -0.39 is 0 Å². The molecule has 1 saturated heterocycles. The minimum absolute atomic E-state index is 0. The summed E-state index contributed by atoms with van der Waals surface area (Å²) in [5.74, 6) is 0.0952. The molecule has 2 aliphatic heterocycles. The predicted molar refractivity (Wildman–Crippen MR) is 104 cm³/mol. The second kappa shape index (κ2) is 7.79. The zero-order chi connectivity index (χ0) is 17.2. The third-order valence-electron chi connectivity index (χ3n) is 4.94. The van der Waals surface area contributed by atoms with E-state index in [9.17, 15) is 9.59 Å². The van der Waals surface area contributed by atoms with Crippen LogP contribution in [-0.4, -0.2) is 54.3 Å². The Bertz CT molecular complexity index is 802. The maximum Gasteiger partial charge on any atom is 0.253 e. The highest BCUT2D eigenvalue weighted by Crippen LogP contribution is 2.24. The monoisotopic (exact) mass is 371 g/mol. The lowest BCUT2D eigenvalue weighted by molar-refractivity contribution is 0.0535. The Hall–Kier alpha value is -2.53. The highest BCUT2D eigenvalue weighted by molar-refractivity contribution is 5.96. The van der Waals surface area contributed by atoms with Crippen molar-refractivity contribution in [1.82, 2.24) is 9.80 Å². The van der Waals surface area contributed by atoms with Gasteiger partial charge in [0.15, 0.2) is 0 Å². The normalized spacial score (nSPS) is 15.7. The van der Waals surface area contributed by atoms with E-state index in [1.54, 1.807) is 0 Å².